The predicted octanol–water partition coefficient (Wildman–Crippen LogP) is 3.76. The number of fused-ring (bicyclic) bond motifs is 1. The monoisotopic (exact) mass is 895 g/mol. The Morgan fingerprint density at radius 3 is 1.62 bits per heavy atom. The van der Waals surface area contributed by atoms with E-state index in [2.05, 4.69) is 20.9 Å². The molecule has 6 aromatic rings. The molecule has 8 rings (SSSR count). The van der Waals surface area contributed by atoms with Crippen LogP contribution < -0.4 is 56.3 Å². The maximum atomic E-state index is 13.4. The van der Waals surface area contributed by atoms with Crippen LogP contribution in [0, 0.1) is 0 Å². The molecule has 2 unspecified atom stereocenters. The van der Waals surface area contributed by atoms with Gasteiger partial charge in [-0.3, -0.25) is 19.4 Å². The van der Waals surface area contributed by atoms with Gasteiger partial charge in [0.2, 0.25) is 11.8 Å². The molecule has 12 nitrogen and oxygen atoms in total. The number of rotatable bonds is 14. The number of benzene rings is 5. The number of aliphatic carboxylic acids is 1. The molecule has 2 fully saturated rings. The largest absolute Gasteiger partial charge is 1.00 e. The van der Waals surface area contributed by atoms with Crippen LogP contribution in [0.2, 0.25) is 0 Å². The van der Waals surface area contributed by atoms with E-state index in [1.165, 1.54) is 7.11 Å². The number of amides is 3. The summed E-state index contributed by atoms with van der Waals surface area (Å²) < 4.78 is 4.93. The minimum Gasteiger partial charge on any atom is -0.548 e. The van der Waals surface area contributed by atoms with E-state index in [0.717, 1.165) is 66.1 Å². The zero-order chi connectivity index (χ0) is 45.8. The van der Waals surface area contributed by atoms with Gasteiger partial charge in [0.05, 0.1) is 41.0 Å². The predicted molar refractivity (Wildman–Crippen MR) is 248 cm³/mol. The first kappa shape index (κ1) is 49.1. The summed E-state index contributed by atoms with van der Waals surface area (Å²) in [4.78, 5) is 68.2. The second-order valence-electron chi connectivity index (χ2n) is 16.9. The summed E-state index contributed by atoms with van der Waals surface area (Å²) in [6.07, 6.45) is 8.83. The second kappa shape index (κ2) is 22.7. The van der Waals surface area contributed by atoms with E-state index < -0.39 is 34.9 Å². The van der Waals surface area contributed by atoms with Gasteiger partial charge in [0, 0.05) is 29.4 Å². The summed E-state index contributed by atoms with van der Waals surface area (Å²) in [6, 6.07) is 40.8. The normalized spacial score (nSPS) is 15.4. The van der Waals surface area contributed by atoms with Crippen LogP contribution >= 0.6 is 0 Å². The van der Waals surface area contributed by atoms with Gasteiger partial charge >= 0.3 is 35.5 Å². The van der Waals surface area contributed by atoms with Crippen molar-refractivity contribution in [3.63, 3.8) is 0 Å². The first-order valence-electron chi connectivity index (χ1n) is 22.1. The van der Waals surface area contributed by atoms with Gasteiger partial charge in [0.25, 0.3) is 5.91 Å². The van der Waals surface area contributed by atoms with Gasteiger partial charge in [0.1, 0.15) is 6.04 Å². The molecule has 5 aromatic carbocycles. The number of nitrogens with one attached hydrogen (secondary N) is 3. The number of pyridine rings is 1. The van der Waals surface area contributed by atoms with E-state index in [-0.39, 0.29) is 53.7 Å². The maximum Gasteiger partial charge on any atom is 1.00 e. The number of anilines is 2. The molecule has 5 N–H and O–H groups in total. The molecule has 0 aliphatic heterocycles. The van der Waals surface area contributed by atoms with Crippen molar-refractivity contribution in [2.75, 3.05) is 18.2 Å². The van der Waals surface area contributed by atoms with Gasteiger partial charge in [-0.05, 0) is 90.8 Å². The van der Waals surface area contributed by atoms with E-state index >= 15 is 0 Å². The summed E-state index contributed by atoms with van der Waals surface area (Å²) in [6.45, 7) is 0. The first-order chi connectivity index (χ1) is 31.5. The van der Waals surface area contributed by atoms with Crippen molar-refractivity contribution in [2.24, 2.45) is 0 Å². The molecule has 1 heterocycles. The Bertz CT molecular complexity index is 2590. The molecule has 3 amide bonds. The molecule has 2 atom stereocenters. The number of nitrogens with zero attached hydrogens (tertiary/aromatic N) is 1. The average Bonchev–Trinajstić information content (AvgIpc) is 4.06. The van der Waals surface area contributed by atoms with Gasteiger partial charge < -0.3 is 36.3 Å². The van der Waals surface area contributed by atoms with Crippen molar-refractivity contribution in [1.29, 1.82) is 0 Å². The van der Waals surface area contributed by atoms with E-state index in [9.17, 15) is 29.1 Å². The topological polar surface area (TPSA) is 193 Å². The van der Waals surface area contributed by atoms with Crippen molar-refractivity contribution < 1.29 is 63.4 Å². The number of hydrogen-bond acceptors (Lipinski definition) is 9. The number of nitrogen functional groups attached to an aromatic ring is 1. The molecule has 0 bridgehead atoms. The molecular formula is C53H54N5NaO7. The molecule has 0 spiro atoms. The Morgan fingerprint density at radius 2 is 1.11 bits per heavy atom. The van der Waals surface area contributed by atoms with Crippen LogP contribution in [0.25, 0.3) is 10.9 Å². The average molecular weight is 896 g/mol. The summed E-state index contributed by atoms with van der Waals surface area (Å²) in [5.74, 6) is -2.41. The third-order valence-corrected chi connectivity index (χ3v) is 12.8. The number of para-hydroxylation sites is 1. The minimum absolute atomic E-state index is 0. The number of carboxylic acid groups (broad SMARTS) is 1. The summed E-state index contributed by atoms with van der Waals surface area (Å²) in [5.41, 5.74) is 10.4. The van der Waals surface area contributed by atoms with Crippen LogP contribution in [0.4, 0.5) is 11.4 Å². The van der Waals surface area contributed by atoms with Gasteiger partial charge in [-0.1, -0.05) is 129 Å². The smallest absolute Gasteiger partial charge is 0.548 e. The molecule has 66 heavy (non-hydrogen) atoms. The van der Waals surface area contributed by atoms with Crippen molar-refractivity contribution in [2.45, 2.75) is 87.1 Å². The molecule has 334 valence electrons. The fourth-order valence-corrected chi connectivity index (χ4v) is 9.23. The first-order valence-corrected chi connectivity index (χ1v) is 22.1. The fourth-order valence-electron chi connectivity index (χ4n) is 9.23. The van der Waals surface area contributed by atoms with Crippen molar-refractivity contribution in [1.82, 2.24) is 15.6 Å². The third-order valence-electron chi connectivity index (χ3n) is 12.8. The fraction of sp³-hybridized carbons (Fsp3) is 0.283. The number of carboxylic acids is 1. The van der Waals surface area contributed by atoms with Gasteiger partial charge in [-0.2, -0.15) is 0 Å². The number of methoxy groups -OCH3 is 1. The zero-order valence-electron chi connectivity index (χ0n) is 37.5. The molecule has 0 saturated heterocycles. The molecule has 2 saturated carbocycles. The Labute approximate surface area is 407 Å². The Hall–Kier alpha value is -6.34. The Balaban J connectivity index is 0.000000228. The van der Waals surface area contributed by atoms with E-state index in [0.29, 0.717) is 41.8 Å². The van der Waals surface area contributed by atoms with E-state index in [1.54, 1.807) is 48.7 Å². The molecule has 2 aliphatic carbocycles. The number of aromatic nitrogens is 1. The second-order valence-corrected chi connectivity index (χ2v) is 16.9. The number of nitrogens with two attached hydrogens (primary N) is 1. The van der Waals surface area contributed by atoms with Crippen LogP contribution in [0.1, 0.15) is 84.0 Å². The number of ether oxygens (including phenoxy) is 1. The van der Waals surface area contributed by atoms with Crippen LogP contribution in [0.3, 0.4) is 0 Å². The van der Waals surface area contributed by atoms with Crippen molar-refractivity contribution >= 4 is 51.9 Å². The number of carbonyl (C=O) groups excluding carboxylic acids is 5. The number of esters is 1. The Kier molecular flexibility index (Phi) is 16.9. The molecule has 0 radical (unpaired) electrons. The maximum absolute atomic E-state index is 13.4. The van der Waals surface area contributed by atoms with Crippen LogP contribution in [-0.2, 0) is 47.6 Å². The Morgan fingerprint density at radius 1 is 0.636 bits per heavy atom. The van der Waals surface area contributed by atoms with E-state index in [4.69, 9.17) is 10.5 Å². The standard InChI is InChI=1S/C31H29N3O4.C22H26N2O3.Na/c35-28(25-16-19-32-26-11-5-4-10-24(25)26)33-23-14-12-21(13-15-23)20-27(29(36)37)34-30(38)31(17-6-7-18-31)22-8-2-1-3-9-22;1-27-20(25)19(15-16-9-11-18(23)12-10-16)24-21(26)22(13-5-6-14-22)17-7-3-2-4-8-17;/h1-5,8-16,19,27H,6-7,17-18,20H2,(H,33,35)(H,34,38)(H,36,37);2-4,7-12,19H,5-6,13-15,23H2,1H3,(H,24,26);/q;;+1/p-1. The van der Waals surface area contributed by atoms with Crippen LogP contribution in [-0.4, -0.2) is 53.8 Å². The van der Waals surface area contributed by atoms with Gasteiger partial charge in [0.15, 0.2) is 0 Å². The molecule has 13 heteroatoms. The number of carbonyl (C=O) groups is 5. The third kappa shape index (κ3) is 11.5. The van der Waals surface area contributed by atoms with Crippen molar-refractivity contribution in [3.05, 3.63) is 174 Å². The zero-order valence-corrected chi connectivity index (χ0v) is 39.5. The summed E-state index contributed by atoms with van der Waals surface area (Å²) in [5, 5.41) is 21.3. The van der Waals surface area contributed by atoms with E-state index in [1.807, 2.05) is 97.1 Å². The van der Waals surface area contributed by atoms with Gasteiger partial charge in [-0.15, -0.1) is 0 Å². The molecular weight excluding hydrogens is 842 g/mol. The molecule has 2 aliphatic rings. The SMILES string of the molecule is COC(=O)C(Cc1ccc(N)cc1)NC(=O)C1(c2ccccc2)CCCC1.O=C(Nc1ccc(CC(NC(=O)C2(c3ccccc3)CCCC2)C(=O)[O-])cc1)c1ccnc2ccccc12.[Na+]. The number of hydrogen-bond donors (Lipinski definition) is 4. The van der Waals surface area contributed by atoms with Gasteiger partial charge in [-0.25, -0.2) is 4.79 Å². The van der Waals surface area contributed by atoms with Crippen LogP contribution in [0.5, 0.6) is 0 Å². The quantitative estimate of drug-likeness (QED) is 0.0717. The van der Waals surface area contributed by atoms with Crippen molar-refractivity contribution in [3.8, 4) is 0 Å². The summed E-state index contributed by atoms with van der Waals surface area (Å²) in [7, 11) is 1.34. The summed E-state index contributed by atoms with van der Waals surface area (Å²) >= 11 is 0. The molecule has 1 aromatic heterocycles. The van der Waals surface area contributed by atoms with Crippen LogP contribution in [0.15, 0.2) is 146 Å². The minimum atomic E-state index is -1.33.